The van der Waals surface area contributed by atoms with Crippen molar-refractivity contribution in [2.75, 3.05) is 0 Å². The first-order chi connectivity index (χ1) is 5.70. The van der Waals surface area contributed by atoms with E-state index in [0.29, 0.717) is 12.4 Å². The summed E-state index contributed by atoms with van der Waals surface area (Å²) < 4.78 is 4.54. The normalized spacial score (nSPS) is 15.9. The highest BCUT2D eigenvalue weighted by molar-refractivity contribution is 4.78. The van der Waals surface area contributed by atoms with Crippen LogP contribution in [0.2, 0.25) is 0 Å². The number of nitrogens with zero attached hydrogens (tertiary/aromatic N) is 2. The van der Waals surface area contributed by atoms with Crippen molar-refractivity contribution in [2.24, 2.45) is 0 Å². The Labute approximate surface area is 70.8 Å². The maximum atomic E-state index is 9.12. The fraction of sp³-hybridized carbons (Fsp3) is 0.714. The monoisotopic (exact) mass is 171 g/mol. The minimum atomic E-state index is -0.378. The molecule has 0 radical (unpaired) electrons. The van der Waals surface area contributed by atoms with Crippen LogP contribution in [0.15, 0.2) is 10.9 Å². The Kier molecular flexibility index (Phi) is 3.19. The van der Waals surface area contributed by atoms with Gasteiger partial charge in [-0.05, 0) is 13.8 Å². The standard InChI is InChI=1S/C7H13N3O2/c1-5(6(2)11)8-3-7-9-4-12-10-7/h4-6,8,11H,3H2,1-2H3. The molecular formula is C7H13N3O2. The van der Waals surface area contributed by atoms with Gasteiger partial charge in [0.15, 0.2) is 5.82 Å². The third-order valence-electron chi connectivity index (χ3n) is 1.71. The maximum absolute atomic E-state index is 9.12. The third kappa shape index (κ3) is 2.60. The van der Waals surface area contributed by atoms with Gasteiger partial charge in [0.25, 0.3) is 0 Å². The Hall–Kier alpha value is -0.940. The van der Waals surface area contributed by atoms with E-state index < -0.39 is 0 Å². The maximum Gasteiger partial charge on any atom is 0.213 e. The van der Waals surface area contributed by atoms with Gasteiger partial charge in [0.05, 0.1) is 12.6 Å². The highest BCUT2D eigenvalue weighted by Gasteiger charge is 2.08. The van der Waals surface area contributed by atoms with Gasteiger partial charge < -0.3 is 14.9 Å². The Morgan fingerprint density at radius 1 is 1.67 bits per heavy atom. The average molecular weight is 171 g/mol. The molecule has 5 nitrogen and oxygen atoms in total. The molecule has 1 aromatic heterocycles. The van der Waals surface area contributed by atoms with Crippen LogP contribution in [0.1, 0.15) is 19.7 Å². The fourth-order valence-electron chi connectivity index (χ4n) is 0.693. The van der Waals surface area contributed by atoms with Gasteiger partial charge >= 0.3 is 0 Å². The van der Waals surface area contributed by atoms with Crippen LogP contribution < -0.4 is 5.32 Å². The number of aliphatic hydroxyl groups is 1. The van der Waals surface area contributed by atoms with Crippen LogP contribution in [0.3, 0.4) is 0 Å². The number of aromatic nitrogens is 2. The van der Waals surface area contributed by atoms with Crippen LogP contribution in [0, 0.1) is 0 Å². The minimum Gasteiger partial charge on any atom is -0.392 e. The number of hydrogen-bond acceptors (Lipinski definition) is 5. The lowest BCUT2D eigenvalue weighted by molar-refractivity contribution is 0.151. The fourth-order valence-corrected chi connectivity index (χ4v) is 0.693. The van der Waals surface area contributed by atoms with Crippen LogP contribution >= 0.6 is 0 Å². The lowest BCUT2D eigenvalue weighted by Gasteiger charge is -2.14. The molecule has 1 heterocycles. The number of rotatable bonds is 4. The van der Waals surface area contributed by atoms with Crippen molar-refractivity contribution in [2.45, 2.75) is 32.5 Å². The summed E-state index contributed by atoms with van der Waals surface area (Å²) >= 11 is 0. The van der Waals surface area contributed by atoms with Crippen LogP contribution in [0.25, 0.3) is 0 Å². The molecule has 2 N–H and O–H groups in total. The van der Waals surface area contributed by atoms with E-state index in [1.54, 1.807) is 6.92 Å². The van der Waals surface area contributed by atoms with Gasteiger partial charge in [-0.15, -0.1) is 0 Å². The number of aliphatic hydroxyl groups excluding tert-OH is 1. The minimum absolute atomic E-state index is 0.0310. The third-order valence-corrected chi connectivity index (χ3v) is 1.71. The Balaban J connectivity index is 2.27. The van der Waals surface area contributed by atoms with E-state index in [0.717, 1.165) is 0 Å². The Morgan fingerprint density at radius 2 is 2.42 bits per heavy atom. The molecule has 2 unspecified atom stereocenters. The number of nitrogens with one attached hydrogen (secondary N) is 1. The van der Waals surface area contributed by atoms with E-state index in [2.05, 4.69) is 20.0 Å². The van der Waals surface area contributed by atoms with Gasteiger partial charge in [-0.3, -0.25) is 0 Å². The second-order valence-corrected chi connectivity index (χ2v) is 2.76. The van der Waals surface area contributed by atoms with Crippen molar-refractivity contribution >= 4 is 0 Å². The largest absolute Gasteiger partial charge is 0.392 e. The molecule has 0 saturated heterocycles. The summed E-state index contributed by atoms with van der Waals surface area (Å²) in [6.45, 7) is 4.14. The Bertz CT molecular complexity index is 210. The van der Waals surface area contributed by atoms with Crippen molar-refractivity contribution in [3.63, 3.8) is 0 Å². The molecule has 0 fully saturated rings. The summed E-state index contributed by atoms with van der Waals surface area (Å²) in [5.74, 6) is 0.600. The molecule has 0 aliphatic carbocycles. The molecule has 0 saturated carbocycles. The summed E-state index contributed by atoms with van der Waals surface area (Å²) in [5.41, 5.74) is 0. The highest BCUT2D eigenvalue weighted by Crippen LogP contribution is 1.93. The SMILES string of the molecule is CC(O)C(C)NCc1ncon1. The molecule has 0 aromatic carbocycles. The van der Waals surface area contributed by atoms with Crippen LogP contribution in [-0.2, 0) is 6.54 Å². The predicted molar refractivity (Wildman–Crippen MR) is 42.3 cm³/mol. The van der Waals surface area contributed by atoms with E-state index in [1.807, 2.05) is 6.92 Å². The Morgan fingerprint density at radius 3 is 2.92 bits per heavy atom. The summed E-state index contributed by atoms with van der Waals surface area (Å²) in [6.07, 6.45) is 0.904. The van der Waals surface area contributed by atoms with E-state index in [-0.39, 0.29) is 12.1 Å². The molecular weight excluding hydrogens is 158 g/mol. The molecule has 0 bridgehead atoms. The van der Waals surface area contributed by atoms with Gasteiger partial charge in [-0.2, -0.15) is 4.98 Å². The summed E-state index contributed by atoms with van der Waals surface area (Å²) in [5, 5.41) is 15.8. The van der Waals surface area contributed by atoms with Gasteiger partial charge in [0, 0.05) is 6.04 Å². The molecule has 1 aromatic rings. The predicted octanol–water partition coefficient (Wildman–Crippen LogP) is -0.0715. The van der Waals surface area contributed by atoms with Crippen LogP contribution in [0.5, 0.6) is 0 Å². The average Bonchev–Trinajstić information content (AvgIpc) is 2.51. The van der Waals surface area contributed by atoms with E-state index in [1.165, 1.54) is 6.39 Å². The molecule has 68 valence electrons. The molecule has 2 atom stereocenters. The quantitative estimate of drug-likeness (QED) is 0.663. The smallest absolute Gasteiger partial charge is 0.213 e. The lowest BCUT2D eigenvalue weighted by atomic mass is 10.2. The molecule has 0 aliphatic heterocycles. The van der Waals surface area contributed by atoms with Crippen LogP contribution in [0.4, 0.5) is 0 Å². The molecule has 12 heavy (non-hydrogen) atoms. The van der Waals surface area contributed by atoms with E-state index in [9.17, 15) is 0 Å². The molecule has 0 aliphatic rings. The first-order valence-electron chi connectivity index (χ1n) is 3.87. The van der Waals surface area contributed by atoms with Gasteiger partial charge in [-0.25, -0.2) is 0 Å². The zero-order chi connectivity index (χ0) is 8.97. The second-order valence-electron chi connectivity index (χ2n) is 2.76. The lowest BCUT2D eigenvalue weighted by Crippen LogP contribution is -2.35. The molecule has 0 spiro atoms. The molecule has 0 amide bonds. The first kappa shape index (κ1) is 9.15. The number of hydrogen-bond donors (Lipinski definition) is 2. The van der Waals surface area contributed by atoms with Crippen molar-refractivity contribution in [1.82, 2.24) is 15.5 Å². The topological polar surface area (TPSA) is 71.2 Å². The first-order valence-corrected chi connectivity index (χ1v) is 3.87. The molecule has 1 rings (SSSR count). The van der Waals surface area contributed by atoms with Gasteiger partial charge in [0.1, 0.15) is 0 Å². The summed E-state index contributed by atoms with van der Waals surface area (Å²) in [6, 6.07) is 0.0310. The van der Waals surface area contributed by atoms with Crippen molar-refractivity contribution < 1.29 is 9.63 Å². The van der Waals surface area contributed by atoms with Crippen LogP contribution in [-0.4, -0.2) is 27.4 Å². The van der Waals surface area contributed by atoms with Crippen molar-refractivity contribution in [1.29, 1.82) is 0 Å². The highest BCUT2D eigenvalue weighted by atomic mass is 16.5. The van der Waals surface area contributed by atoms with E-state index in [4.69, 9.17) is 5.11 Å². The van der Waals surface area contributed by atoms with Crippen molar-refractivity contribution in [3.05, 3.63) is 12.2 Å². The zero-order valence-electron chi connectivity index (χ0n) is 7.19. The van der Waals surface area contributed by atoms with Crippen molar-refractivity contribution in [3.8, 4) is 0 Å². The zero-order valence-corrected chi connectivity index (χ0v) is 7.19. The second kappa shape index (κ2) is 4.18. The summed E-state index contributed by atoms with van der Waals surface area (Å²) in [7, 11) is 0. The van der Waals surface area contributed by atoms with Gasteiger partial charge in [-0.1, -0.05) is 5.16 Å². The van der Waals surface area contributed by atoms with Gasteiger partial charge in [0.2, 0.25) is 6.39 Å². The summed E-state index contributed by atoms with van der Waals surface area (Å²) in [4.78, 5) is 3.83. The van der Waals surface area contributed by atoms with E-state index >= 15 is 0 Å². The molecule has 5 heteroatoms.